The van der Waals surface area contributed by atoms with Gasteiger partial charge in [-0.3, -0.25) is 0 Å². The summed E-state index contributed by atoms with van der Waals surface area (Å²) in [6.07, 6.45) is 4.10. The third-order valence-corrected chi connectivity index (χ3v) is 2.79. The summed E-state index contributed by atoms with van der Waals surface area (Å²) in [4.78, 5) is 10.9. The molecule has 0 fully saturated rings. The molecule has 2 nitrogen and oxygen atoms in total. The molecule has 0 aliphatic rings. The second kappa shape index (κ2) is 7.79. The quantitative estimate of drug-likeness (QED) is 0.458. The average Bonchev–Trinajstić information content (AvgIpc) is 2.37. The summed E-state index contributed by atoms with van der Waals surface area (Å²) in [5, 5.41) is 0. The van der Waals surface area contributed by atoms with Gasteiger partial charge in [0.15, 0.2) is 0 Å². The van der Waals surface area contributed by atoms with Crippen molar-refractivity contribution in [3.63, 3.8) is 0 Å². The van der Waals surface area contributed by atoms with Gasteiger partial charge in [-0.05, 0) is 30.3 Å². The zero-order valence-electron chi connectivity index (χ0n) is 10.7. The second-order valence-corrected chi connectivity index (χ2v) is 4.68. The third-order valence-electron chi connectivity index (χ3n) is 2.04. The summed E-state index contributed by atoms with van der Waals surface area (Å²) < 4.78 is 41.6. The molecule has 0 atom stereocenters. The molecule has 1 rings (SSSR count). The maximum Gasteiger partial charge on any atom is 0.446 e. The fraction of sp³-hybridized carbons (Fsp3) is 0.214. The van der Waals surface area contributed by atoms with E-state index in [1.807, 2.05) is 6.07 Å². The number of esters is 1. The van der Waals surface area contributed by atoms with Gasteiger partial charge in [0.05, 0.1) is 6.61 Å². The maximum atomic E-state index is 12.3. The molecule has 1 aromatic rings. The first-order chi connectivity index (χ1) is 9.42. The second-order valence-electron chi connectivity index (χ2n) is 3.57. The van der Waals surface area contributed by atoms with Crippen molar-refractivity contribution in [3.05, 3.63) is 53.0 Å². The van der Waals surface area contributed by atoms with Crippen molar-refractivity contribution < 1.29 is 22.7 Å². The van der Waals surface area contributed by atoms with E-state index in [1.54, 1.807) is 30.3 Å². The van der Waals surface area contributed by atoms with Crippen LogP contribution in [-0.2, 0) is 9.53 Å². The van der Waals surface area contributed by atoms with Crippen molar-refractivity contribution in [2.75, 3.05) is 6.61 Å². The number of hydrogen-bond acceptors (Lipinski definition) is 3. The van der Waals surface area contributed by atoms with Gasteiger partial charge in [-0.15, -0.1) is 0 Å². The summed E-state index contributed by atoms with van der Waals surface area (Å²) in [7, 11) is 0. The Balaban J connectivity index is 2.84. The van der Waals surface area contributed by atoms with Gasteiger partial charge in [0.1, 0.15) is 4.91 Å². The highest BCUT2D eigenvalue weighted by Crippen LogP contribution is 2.36. The molecule has 0 radical (unpaired) electrons. The molecule has 0 spiro atoms. The number of carbonyl (C=O) groups is 1. The minimum atomic E-state index is -4.53. The molecule has 1 aromatic carbocycles. The summed E-state index contributed by atoms with van der Waals surface area (Å²) in [5.74, 6) is -0.979. The van der Waals surface area contributed by atoms with Crippen molar-refractivity contribution >= 4 is 23.8 Å². The van der Waals surface area contributed by atoms with Crippen molar-refractivity contribution in [3.8, 4) is 0 Å². The SMILES string of the molecule is CCOC(=O)/C(=C/C=C/c1ccccc1)SC(F)(F)F. The van der Waals surface area contributed by atoms with Gasteiger partial charge in [-0.1, -0.05) is 42.5 Å². The van der Waals surface area contributed by atoms with Gasteiger partial charge in [0.25, 0.3) is 0 Å². The molecule has 0 N–H and O–H groups in total. The van der Waals surface area contributed by atoms with E-state index in [4.69, 9.17) is 0 Å². The van der Waals surface area contributed by atoms with Crippen LogP contribution >= 0.6 is 11.8 Å². The molecule has 6 heteroatoms. The lowest BCUT2D eigenvalue weighted by Crippen LogP contribution is -2.10. The molecule has 0 saturated carbocycles. The molecule has 108 valence electrons. The zero-order valence-corrected chi connectivity index (χ0v) is 11.5. The lowest BCUT2D eigenvalue weighted by molar-refractivity contribution is -0.137. The van der Waals surface area contributed by atoms with E-state index in [1.165, 1.54) is 13.0 Å². The first-order valence-corrected chi connectivity index (χ1v) is 6.60. The predicted molar refractivity (Wildman–Crippen MR) is 73.8 cm³/mol. The number of carbonyl (C=O) groups excluding carboxylic acids is 1. The van der Waals surface area contributed by atoms with Gasteiger partial charge in [-0.2, -0.15) is 13.2 Å². The zero-order chi connectivity index (χ0) is 15.0. The first-order valence-electron chi connectivity index (χ1n) is 5.78. The van der Waals surface area contributed by atoms with E-state index in [0.29, 0.717) is 0 Å². The number of alkyl halides is 3. The minimum Gasteiger partial charge on any atom is -0.462 e. The lowest BCUT2D eigenvalue weighted by atomic mass is 10.2. The molecule has 0 aromatic heterocycles. The number of ether oxygens (including phenoxy) is 1. The number of benzene rings is 1. The van der Waals surface area contributed by atoms with Crippen molar-refractivity contribution in [2.45, 2.75) is 12.4 Å². The van der Waals surface area contributed by atoms with Crippen molar-refractivity contribution in [1.82, 2.24) is 0 Å². The van der Waals surface area contributed by atoms with Crippen molar-refractivity contribution in [1.29, 1.82) is 0 Å². The van der Waals surface area contributed by atoms with Crippen LogP contribution in [0.15, 0.2) is 47.4 Å². The Hall–Kier alpha value is -1.69. The Morgan fingerprint density at radius 2 is 1.95 bits per heavy atom. The lowest BCUT2D eigenvalue weighted by Gasteiger charge is -2.08. The van der Waals surface area contributed by atoms with Crippen LogP contribution < -0.4 is 0 Å². The Labute approximate surface area is 119 Å². The number of halogens is 3. The number of allylic oxidation sites excluding steroid dienone is 2. The molecule has 0 amide bonds. The number of hydrogen-bond donors (Lipinski definition) is 0. The molecule has 20 heavy (non-hydrogen) atoms. The average molecular weight is 302 g/mol. The molecule has 0 bridgehead atoms. The van der Waals surface area contributed by atoms with E-state index in [9.17, 15) is 18.0 Å². The molecular weight excluding hydrogens is 289 g/mol. The molecule has 0 aliphatic carbocycles. The largest absolute Gasteiger partial charge is 0.462 e. The fourth-order valence-electron chi connectivity index (χ4n) is 1.28. The normalized spacial score (nSPS) is 12.7. The van der Waals surface area contributed by atoms with Crippen LogP contribution in [0, 0.1) is 0 Å². The topological polar surface area (TPSA) is 26.3 Å². The molecule has 0 unspecified atom stereocenters. The highest BCUT2D eigenvalue weighted by atomic mass is 32.2. The fourth-order valence-corrected chi connectivity index (χ4v) is 1.82. The highest BCUT2D eigenvalue weighted by Gasteiger charge is 2.33. The van der Waals surface area contributed by atoms with Crippen LogP contribution in [0.4, 0.5) is 13.2 Å². The maximum absolute atomic E-state index is 12.3. The van der Waals surface area contributed by atoms with Gasteiger partial charge in [0, 0.05) is 0 Å². The predicted octanol–water partition coefficient (Wildman–Crippen LogP) is 4.40. The van der Waals surface area contributed by atoms with Crippen LogP contribution in [0.3, 0.4) is 0 Å². The Morgan fingerprint density at radius 1 is 1.30 bits per heavy atom. The van der Waals surface area contributed by atoms with E-state index >= 15 is 0 Å². The van der Waals surface area contributed by atoms with Crippen LogP contribution in [0.5, 0.6) is 0 Å². The number of rotatable bonds is 5. The smallest absolute Gasteiger partial charge is 0.446 e. The summed E-state index contributed by atoms with van der Waals surface area (Å²) in [6, 6.07) is 9.04. The van der Waals surface area contributed by atoms with Gasteiger partial charge < -0.3 is 4.74 Å². The van der Waals surface area contributed by atoms with Crippen LogP contribution in [0.2, 0.25) is 0 Å². The molecule has 0 aliphatic heterocycles. The third kappa shape index (κ3) is 6.47. The van der Waals surface area contributed by atoms with Crippen LogP contribution in [0.25, 0.3) is 6.08 Å². The van der Waals surface area contributed by atoms with Gasteiger partial charge in [0.2, 0.25) is 0 Å². The van der Waals surface area contributed by atoms with E-state index in [-0.39, 0.29) is 6.61 Å². The highest BCUT2D eigenvalue weighted by molar-refractivity contribution is 8.04. The summed E-state index contributed by atoms with van der Waals surface area (Å²) in [6.45, 7) is 1.56. The van der Waals surface area contributed by atoms with E-state index < -0.39 is 28.1 Å². The van der Waals surface area contributed by atoms with Gasteiger partial charge >= 0.3 is 11.5 Å². The Morgan fingerprint density at radius 3 is 2.50 bits per heavy atom. The van der Waals surface area contributed by atoms with Crippen LogP contribution in [-0.4, -0.2) is 18.1 Å². The standard InChI is InChI=1S/C14H13F3O2S/c1-2-19-13(18)12(20-14(15,16)17)10-6-9-11-7-4-3-5-8-11/h3-10H,2H2,1H3/b9-6+,12-10-. The Bertz CT molecular complexity index is 493. The van der Waals surface area contributed by atoms with Crippen LogP contribution in [0.1, 0.15) is 12.5 Å². The van der Waals surface area contributed by atoms with Gasteiger partial charge in [-0.25, -0.2) is 4.79 Å². The molecular formula is C14H13F3O2S. The van der Waals surface area contributed by atoms with E-state index in [0.717, 1.165) is 11.6 Å². The van der Waals surface area contributed by atoms with Crippen molar-refractivity contribution in [2.24, 2.45) is 0 Å². The molecule has 0 heterocycles. The monoisotopic (exact) mass is 302 g/mol. The summed E-state index contributed by atoms with van der Waals surface area (Å²) >= 11 is -0.480. The number of thioether (sulfide) groups is 1. The Kier molecular flexibility index (Phi) is 6.38. The summed E-state index contributed by atoms with van der Waals surface area (Å²) in [5.41, 5.74) is -3.71. The minimum absolute atomic E-state index is 0.0248. The first kappa shape index (κ1) is 16.4. The van der Waals surface area contributed by atoms with E-state index in [2.05, 4.69) is 4.74 Å². The molecule has 0 saturated heterocycles.